The molecule has 1 amide bonds. The summed E-state index contributed by atoms with van der Waals surface area (Å²) in [5, 5.41) is 6.27. The standard InChI is InChI=1S/C20H38N2O2S/c1-2-3-4-5-6-7-8-9-10-11-12-15-19(23)22-20(25)21-17-18-14-13-16-24-18/h18H,2-17H2,1H3,(H2,21,22,23,25). The van der Waals surface area contributed by atoms with Gasteiger partial charge >= 0.3 is 0 Å². The van der Waals surface area contributed by atoms with Gasteiger partial charge in [0.2, 0.25) is 5.91 Å². The van der Waals surface area contributed by atoms with Crippen LogP contribution in [-0.2, 0) is 9.53 Å². The van der Waals surface area contributed by atoms with Crippen molar-refractivity contribution in [2.45, 2.75) is 103 Å². The summed E-state index contributed by atoms with van der Waals surface area (Å²) in [6, 6.07) is 0. The summed E-state index contributed by atoms with van der Waals surface area (Å²) in [4.78, 5) is 11.8. The van der Waals surface area contributed by atoms with Gasteiger partial charge in [0.1, 0.15) is 0 Å². The van der Waals surface area contributed by atoms with Crippen LogP contribution < -0.4 is 10.6 Å². The zero-order valence-corrected chi connectivity index (χ0v) is 16.9. The van der Waals surface area contributed by atoms with E-state index in [1.54, 1.807) is 0 Å². The third kappa shape index (κ3) is 13.2. The lowest BCUT2D eigenvalue weighted by molar-refractivity contribution is -0.119. The van der Waals surface area contributed by atoms with Gasteiger partial charge in [0, 0.05) is 19.6 Å². The molecule has 0 spiro atoms. The molecule has 5 heteroatoms. The Hall–Kier alpha value is -0.680. The minimum Gasteiger partial charge on any atom is -0.376 e. The second-order valence-electron chi connectivity index (χ2n) is 7.18. The van der Waals surface area contributed by atoms with Crippen molar-refractivity contribution in [2.75, 3.05) is 13.2 Å². The van der Waals surface area contributed by atoms with E-state index in [9.17, 15) is 4.79 Å². The van der Waals surface area contributed by atoms with Gasteiger partial charge in [0.15, 0.2) is 5.11 Å². The summed E-state index contributed by atoms with van der Waals surface area (Å²) in [6.07, 6.45) is 17.2. The fraction of sp³-hybridized carbons (Fsp3) is 0.900. The summed E-state index contributed by atoms with van der Waals surface area (Å²) in [5.41, 5.74) is 0. The summed E-state index contributed by atoms with van der Waals surface area (Å²) in [6.45, 7) is 3.79. The number of ether oxygens (including phenoxy) is 1. The van der Waals surface area contributed by atoms with E-state index in [0.29, 0.717) is 18.1 Å². The minimum atomic E-state index is 0.0285. The minimum absolute atomic E-state index is 0.0285. The zero-order valence-electron chi connectivity index (χ0n) is 16.1. The molecular formula is C20H38N2O2S. The van der Waals surface area contributed by atoms with E-state index in [0.717, 1.165) is 32.3 Å². The number of hydrogen-bond acceptors (Lipinski definition) is 3. The van der Waals surface area contributed by atoms with Crippen LogP contribution in [0, 0.1) is 0 Å². The van der Waals surface area contributed by atoms with Crippen molar-refractivity contribution in [3.8, 4) is 0 Å². The molecule has 1 aliphatic heterocycles. The van der Waals surface area contributed by atoms with Gasteiger partial charge in [0.25, 0.3) is 0 Å². The van der Waals surface area contributed by atoms with Gasteiger partial charge in [-0.1, -0.05) is 71.1 Å². The molecule has 0 bridgehead atoms. The Morgan fingerprint density at radius 2 is 1.60 bits per heavy atom. The molecule has 1 saturated heterocycles. The highest BCUT2D eigenvalue weighted by molar-refractivity contribution is 7.80. The Bertz CT molecular complexity index is 358. The summed E-state index contributed by atoms with van der Waals surface area (Å²) in [5.74, 6) is 0.0285. The average Bonchev–Trinajstić information content (AvgIpc) is 3.11. The van der Waals surface area contributed by atoms with Crippen LogP contribution in [0.3, 0.4) is 0 Å². The third-order valence-corrected chi connectivity index (χ3v) is 5.02. The molecule has 1 heterocycles. The van der Waals surface area contributed by atoms with Crippen LogP contribution in [0.25, 0.3) is 0 Å². The van der Waals surface area contributed by atoms with Crippen LogP contribution in [0.2, 0.25) is 0 Å². The van der Waals surface area contributed by atoms with Crippen LogP contribution in [0.5, 0.6) is 0 Å². The van der Waals surface area contributed by atoms with Crippen LogP contribution in [0.15, 0.2) is 0 Å². The molecule has 0 aromatic carbocycles. The molecule has 0 radical (unpaired) electrons. The van der Waals surface area contributed by atoms with Gasteiger partial charge in [-0.15, -0.1) is 0 Å². The van der Waals surface area contributed by atoms with Gasteiger partial charge in [0.05, 0.1) is 6.10 Å². The molecule has 4 nitrogen and oxygen atoms in total. The van der Waals surface area contributed by atoms with Crippen molar-refractivity contribution in [1.29, 1.82) is 0 Å². The van der Waals surface area contributed by atoms with Crippen LogP contribution in [0.1, 0.15) is 96.8 Å². The molecule has 1 aliphatic rings. The van der Waals surface area contributed by atoms with E-state index >= 15 is 0 Å². The molecule has 1 rings (SSSR count). The predicted molar refractivity (Wildman–Crippen MR) is 109 cm³/mol. The summed E-state index contributed by atoms with van der Waals surface area (Å²) < 4.78 is 5.52. The molecule has 0 saturated carbocycles. The number of rotatable bonds is 14. The van der Waals surface area contributed by atoms with Gasteiger partial charge in [-0.3, -0.25) is 4.79 Å². The van der Waals surface area contributed by atoms with E-state index in [1.807, 2.05) is 0 Å². The van der Waals surface area contributed by atoms with Crippen molar-refractivity contribution in [1.82, 2.24) is 10.6 Å². The first-order valence-electron chi connectivity index (χ1n) is 10.4. The highest BCUT2D eigenvalue weighted by Crippen LogP contribution is 2.12. The smallest absolute Gasteiger partial charge is 0.226 e. The monoisotopic (exact) mass is 370 g/mol. The van der Waals surface area contributed by atoms with Crippen LogP contribution >= 0.6 is 12.2 Å². The number of nitrogens with one attached hydrogen (secondary N) is 2. The molecule has 0 aliphatic carbocycles. The normalized spacial score (nSPS) is 16.8. The highest BCUT2D eigenvalue weighted by Gasteiger charge is 2.15. The van der Waals surface area contributed by atoms with Gasteiger partial charge in [-0.2, -0.15) is 0 Å². The lowest BCUT2D eigenvalue weighted by Crippen LogP contribution is -2.42. The Kier molecular flexibility index (Phi) is 13.9. The average molecular weight is 371 g/mol. The fourth-order valence-corrected chi connectivity index (χ4v) is 3.39. The second-order valence-corrected chi connectivity index (χ2v) is 7.59. The fourth-order valence-electron chi connectivity index (χ4n) is 3.19. The maximum atomic E-state index is 11.8. The SMILES string of the molecule is CCCCCCCCCCCCCC(=O)NC(=S)NCC1CCCO1. The first kappa shape index (κ1) is 22.4. The van der Waals surface area contributed by atoms with Gasteiger partial charge in [-0.05, 0) is 31.5 Å². The number of hydrogen-bond donors (Lipinski definition) is 2. The molecular weight excluding hydrogens is 332 g/mol. The first-order chi connectivity index (χ1) is 12.2. The van der Waals surface area contributed by atoms with Crippen molar-refractivity contribution >= 4 is 23.2 Å². The number of thiocarbonyl (C=S) groups is 1. The third-order valence-electron chi connectivity index (χ3n) is 4.77. The maximum Gasteiger partial charge on any atom is 0.226 e. The topological polar surface area (TPSA) is 50.4 Å². The molecule has 1 unspecified atom stereocenters. The molecule has 0 aromatic heterocycles. The number of carbonyl (C=O) groups excluding carboxylic acids is 1. The maximum absolute atomic E-state index is 11.8. The molecule has 2 N–H and O–H groups in total. The number of carbonyl (C=O) groups is 1. The highest BCUT2D eigenvalue weighted by atomic mass is 32.1. The largest absolute Gasteiger partial charge is 0.376 e. The Labute approximate surface area is 159 Å². The second kappa shape index (κ2) is 15.6. The first-order valence-corrected chi connectivity index (χ1v) is 10.8. The lowest BCUT2D eigenvalue weighted by Gasteiger charge is -2.13. The van der Waals surface area contributed by atoms with Crippen molar-refractivity contribution in [3.05, 3.63) is 0 Å². The molecule has 1 fully saturated rings. The Balaban J connectivity index is 1.84. The predicted octanol–water partition coefficient (Wildman–Crippen LogP) is 4.86. The van der Waals surface area contributed by atoms with E-state index in [2.05, 4.69) is 17.6 Å². The van der Waals surface area contributed by atoms with Gasteiger partial charge < -0.3 is 15.4 Å². The summed E-state index contributed by atoms with van der Waals surface area (Å²) in [7, 11) is 0. The van der Waals surface area contributed by atoms with Crippen LogP contribution in [-0.4, -0.2) is 30.3 Å². The van der Waals surface area contributed by atoms with Crippen molar-refractivity contribution in [2.24, 2.45) is 0 Å². The van der Waals surface area contributed by atoms with Crippen molar-refractivity contribution < 1.29 is 9.53 Å². The van der Waals surface area contributed by atoms with E-state index < -0.39 is 0 Å². The molecule has 146 valence electrons. The lowest BCUT2D eigenvalue weighted by atomic mass is 10.1. The molecule has 25 heavy (non-hydrogen) atoms. The zero-order chi connectivity index (χ0) is 18.2. The molecule has 0 aromatic rings. The number of amides is 1. The van der Waals surface area contributed by atoms with E-state index in [-0.39, 0.29) is 12.0 Å². The van der Waals surface area contributed by atoms with E-state index in [1.165, 1.54) is 57.8 Å². The van der Waals surface area contributed by atoms with Crippen molar-refractivity contribution in [3.63, 3.8) is 0 Å². The van der Waals surface area contributed by atoms with Crippen LogP contribution in [0.4, 0.5) is 0 Å². The summed E-state index contributed by atoms with van der Waals surface area (Å²) >= 11 is 5.15. The Morgan fingerprint density at radius 3 is 2.16 bits per heavy atom. The van der Waals surface area contributed by atoms with Gasteiger partial charge in [-0.25, -0.2) is 0 Å². The number of unbranched alkanes of at least 4 members (excludes halogenated alkanes) is 10. The van der Waals surface area contributed by atoms with E-state index in [4.69, 9.17) is 17.0 Å². The molecule has 1 atom stereocenters. The Morgan fingerprint density at radius 1 is 1.00 bits per heavy atom. The quantitative estimate of drug-likeness (QED) is 0.339.